The molecule has 0 amide bonds. The van der Waals surface area contributed by atoms with E-state index >= 15 is 0 Å². The second kappa shape index (κ2) is 1.84. The van der Waals surface area contributed by atoms with Gasteiger partial charge in [0.05, 0.1) is 0 Å². The Morgan fingerprint density at radius 1 is 1.36 bits per heavy atom. The number of carbonyl (C=O) groups excluding carboxylic acids is 1. The number of rotatable bonds is 0. The van der Waals surface area contributed by atoms with E-state index in [0.717, 1.165) is 0 Å². The molecule has 0 bridgehead atoms. The molecular formula is C9H9NO. The highest BCUT2D eigenvalue weighted by Crippen LogP contribution is 2.27. The van der Waals surface area contributed by atoms with Crippen LogP contribution in [0, 0.1) is 0 Å². The smallest absolute Gasteiger partial charge is 0.186 e. The number of hydrogen-bond donors (Lipinski definition) is 0. The molecule has 56 valence electrons. The number of carbonyl (C=O) groups is 1. The van der Waals surface area contributed by atoms with Gasteiger partial charge in [-0.15, -0.1) is 0 Å². The van der Waals surface area contributed by atoms with Crippen LogP contribution in [0.25, 0.3) is 0 Å². The number of hydrogen-bond acceptors (Lipinski definition) is 2. The van der Waals surface area contributed by atoms with Crippen molar-refractivity contribution in [1.29, 1.82) is 0 Å². The first-order valence-electron chi connectivity index (χ1n) is 3.60. The Hall–Kier alpha value is -1.31. The lowest BCUT2D eigenvalue weighted by Crippen LogP contribution is -2.41. The summed E-state index contributed by atoms with van der Waals surface area (Å²) >= 11 is 0. The lowest BCUT2D eigenvalue weighted by atomic mass is 9.95. The van der Waals surface area contributed by atoms with Gasteiger partial charge in [-0.05, 0) is 13.0 Å². The van der Waals surface area contributed by atoms with Gasteiger partial charge in [0.1, 0.15) is 5.54 Å². The van der Waals surface area contributed by atoms with Crippen molar-refractivity contribution in [1.82, 2.24) is 4.90 Å². The second-order valence-corrected chi connectivity index (χ2v) is 2.94. The van der Waals surface area contributed by atoms with Crippen molar-refractivity contribution < 1.29 is 4.79 Å². The van der Waals surface area contributed by atoms with Crippen LogP contribution in [0.5, 0.6) is 0 Å². The minimum Gasteiger partial charge on any atom is -0.338 e. The second-order valence-electron chi connectivity index (χ2n) is 2.94. The zero-order valence-corrected chi connectivity index (χ0v) is 6.32. The van der Waals surface area contributed by atoms with Crippen LogP contribution < -0.4 is 0 Å². The first kappa shape index (κ1) is 6.40. The Morgan fingerprint density at radius 3 is 2.91 bits per heavy atom. The van der Waals surface area contributed by atoms with Crippen LogP contribution in [-0.4, -0.2) is 16.2 Å². The molecule has 0 aromatic rings. The van der Waals surface area contributed by atoms with E-state index in [2.05, 4.69) is 0 Å². The first-order chi connectivity index (χ1) is 5.23. The summed E-state index contributed by atoms with van der Waals surface area (Å²) < 4.78 is 0. The zero-order valence-electron chi connectivity index (χ0n) is 6.32. The third-order valence-electron chi connectivity index (χ3n) is 2.20. The molecule has 2 aliphatic heterocycles. The minimum absolute atomic E-state index is 0.151. The molecule has 0 N–H and O–H groups in total. The highest BCUT2D eigenvalue weighted by Gasteiger charge is 2.37. The fraction of sp³-hybridized carbons (Fsp3) is 0.222. The first-order valence-corrected chi connectivity index (χ1v) is 3.60. The quantitative estimate of drug-likeness (QED) is 0.513. The van der Waals surface area contributed by atoms with Gasteiger partial charge in [0.15, 0.2) is 5.78 Å². The Labute approximate surface area is 65.5 Å². The highest BCUT2D eigenvalue weighted by atomic mass is 16.1. The minimum atomic E-state index is -0.436. The molecule has 1 atom stereocenters. The van der Waals surface area contributed by atoms with Crippen molar-refractivity contribution >= 4 is 5.78 Å². The SMILES string of the molecule is CC12C=CC=CN1C=CC2=O. The van der Waals surface area contributed by atoms with Gasteiger partial charge in [-0.1, -0.05) is 12.2 Å². The van der Waals surface area contributed by atoms with Crippen molar-refractivity contribution in [2.75, 3.05) is 0 Å². The number of nitrogens with zero attached hydrogens (tertiary/aromatic N) is 1. The van der Waals surface area contributed by atoms with Gasteiger partial charge < -0.3 is 4.90 Å². The molecule has 2 heterocycles. The third-order valence-corrected chi connectivity index (χ3v) is 2.20. The summed E-state index contributed by atoms with van der Waals surface area (Å²) in [5.74, 6) is 0.151. The summed E-state index contributed by atoms with van der Waals surface area (Å²) in [5.41, 5.74) is -0.436. The van der Waals surface area contributed by atoms with Crippen molar-refractivity contribution in [3.05, 3.63) is 36.7 Å². The Balaban J connectivity index is 2.46. The molecule has 0 radical (unpaired) electrons. The molecule has 2 heteroatoms. The molecule has 11 heavy (non-hydrogen) atoms. The predicted octanol–water partition coefficient (Wildman–Crippen LogP) is 1.23. The van der Waals surface area contributed by atoms with E-state index in [-0.39, 0.29) is 5.78 Å². The lowest BCUT2D eigenvalue weighted by molar-refractivity contribution is -0.119. The fourth-order valence-corrected chi connectivity index (χ4v) is 1.36. The van der Waals surface area contributed by atoms with Gasteiger partial charge in [0.25, 0.3) is 0 Å². The van der Waals surface area contributed by atoms with E-state index in [9.17, 15) is 4.79 Å². The third kappa shape index (κ3) is 0.693. The summed E-state index contributed by atoms with van der Waals surface area (Å²) in [6.07, 6.45) is 11.1. The van der Waals surface area contributed by atoms with E-state index in [0.29, 0.717) is 0 Å². The molecule has 0 fully saturated rings. The Kier molecular flexibility index (Phi) is 1.07. The van der Waals surface area contributed by atoms with Crippen molar-refractivity contribution in [2.24, 2.45) is 0 Å². The maximum Gasteiger partial charge on any atom is 0.186 e. The maximum atomic E-state index is 11.3. The van der Waals surface area contributed by atoms with Crippen LogP contribution in [0.3, 0.4) is 0 Å². The average molecular weight is 147 g/mol. The van der Waals surface area contributed by atoms with Crippen LogP contribution in [0.15, 0.2) is 36.7 Å². The molecule has 1 unspecified atom stereocenters. The van der Waals surface area contributed by atoms with Gasteiger partial charge in [-0.3, -0.25) is 4.79 Å². The van der Waals surface area contributed by atoms with E-state index in [1.807, 2.05) is 42.5 Å². The number of allylic oxidation sites excluding steroid dienone is 2. The maximum absolute atomic E-state index is 11.3. The van der Waals surface area contributed by atoms with Crippen molar-refractivity contribution in [2.45, 2.75) is 12.5 Å². The monoisotopic (exact) mass is 147 g/mol. The molecular weight excluding hydrogens is 138 g/mol. The largest absolute Gasteiger partial charge is 0.338 e. The number of ketones is 1. The lowest BCUT2D eigenvalue weighted by Gasteiger charge is -2.30. The van der Waals surface area contributed by atoms with Crippen LogP contribution in [-0.2, 0) is 4.79 Å². The van der Waals surface area contributed by atoms with Gasteiger partial charge in [0, 0.05) is 18.5 Å². The Bertz CT molecular complexity index is 286. The number of fused-ring (bicyclic) bond motifs is 1. The van der Waals surface area contributed by atoms with E-state index in [1.54, 1.807) is 6.08 Å². The summed E-state index contributed by atoms with van der Waals surface area (Å²) in [6, 6.07) is 0. The van der Waals surface area contributed by atoms with Crippen molar-refractivity contribution in [3.8, 4) is 0 Å². The van der Waals surface area contributed by atoms with Crippen LogP contribution in [0.2, 0.25) is 0 Å². The fourth-order valence-electron chi connectivity index (χ4n) is 1.36. The average Bonchev–Trinajstić information content (AvgIpc) is 2.29. The molecule has 2 nitrogen and oxygen atoms in total. The molecule has 0 saturated carbocycles. The molecule has 0 aromatic carbocycles. The molecule has 0 aromatic heterocycles. The van der Waals surface area contributed by atoms with Crippen LogP contribution in [0.4, 0.5) is 0 Å². The van der Waals surface area contributed by atoms with E-state index in [1.165, 1.54) is 0 Å². The van der Waals surface area contributed by atoms with Crippen LogP contribution in [0.1, 0.15) is 6.92 Å². The summed E-state index contributed by atoms with van der Waals surface area (Å²) in [7, 11) is 0. The Morgan fingerprint density at radius 2 is 2.18 bits per heavy atom. The van der Waals surface area contributed by atoms with E-state index in [4.69, 9.17) is 0 Å². The van der Waals surface area contributed by atoms with Gasteiger partial charge in [-0.25, -0.2) is 0 Å². The summed E-state index contributed by atoms with van der Waals surface area (Å²) in [4.78, 5) is 13.2. The molecule has 0 aliphatic carbocycles. The van der Waals surface area contributed by atoms with Crippen molar-refractivity contribution in [3.63, 3.8) is 0 Å². The van der Waals surface area contributed by atoms with Gasteiger partial charge in [0.2, 0.25) is 0 Å². The zero-order chi connectivity index (χ0) is 7.90. The molecule has 2 rings (SSSR count). The normalized spacial score (nSPS) is 33.2. The standard InChI is InChI=1S/C9H9NO/c1-9-5-2-3-6-10(9)7-4-8(9)11/h2-7H,1H3. The molecule has 0 saturated heterocycles. The summed E-state index contributed by atoms with van der Waals surface area (Å²) in [6.45, 7) is 1.91. The highest BCUT2D eigenvalue weighted by molar-refractivity contribution is 6.01. The summed E-state index contributed by atoms with van der Waals surface area (Å²) in [5, 5.41) is 0. The van der Waals surface area contributed by atoms with Crippen LogP contribution >= 0.6 is 0 Å². The predicted molar refractivity (Wildman–Crippen MR) is 42.7 cm³/mol. The topological polar surface area (TPSA) is 20.3 Å². The van der Waals surface area contributed by atoms with Gasteiger partial charge in [-0.2, -0.15) is 0 Å². The van der Waals surface area contributed by atoms with E-state index < -0.39 is 5.54 Å². The van der Waals surface area contributed by atoms with Gasteiger partial charge >= 0.3 is 0 Å². The molecule has 2 aliphatic rings. The molecule has 0 spiro atoms.